The smallest absolute Gasteiger partial charge is 0.0335 e. The van der Waals surface area contributed by atoms with Crippen molar-refractivity contribution in [3.8, 4) is 0 Å². The van der Waals surface area contributed by atoms with Gasteiger partial charge in [0, 0.05) is 25.0 Å². The summed E-state index contributed by atoms with van der Waals surface area (Å²) < 4.78 is 2.36. The SMILES string of the molecule is CCCCCCn1ccc(C(CCC)NCCC)c1. The molecular weight excluding hydrogens is 232 g/mol. The Labute approximate surface area is 119 Å². The van der Waals surface area contributed by atoms with Crippen LogP contribution in [0.5, 0.6) is 0 Å². The van der Waals surface area contributed by atoms with Gasteiger partial charge in [-0.15, -0.1) is 0 Å². The van der Waals surface area contributed by atoms with E-state index in [1.165, 1.54) is 57.1 Å². The standard InChI is InChI=1S/C17H32N2/c1-4-7-8-9-13-19-14-11-16(15-19)17(10-5-2)18-12-6-3/h11,14-15,17-18H,4-10,12-13H2,1-3H3. The van der Waals surface area contributed by atoms with Crippen LogP contribution in [0.2, 0.25) is 0 Å². The van der Waals surface area contributed by atoms with E-state index in [2.05, 4.69) is 49.1 Å². The van der Waals surface area contributed by atoms with E-state index in [0.29, 0.717) is 6.04 Å². The molecule has 1 aromatic rings. The van der Waals surface area contributed by atoms with E-state index >= 15 is 0 Å². The number of rotatable bonds is 11. The Bertz CT molecular complexity index is 317. The molecule has 1 heterocycles. The number of hydrogen-bond donors (Lipinski definition) is 1. The number of nitrogens with zero attached hydrogens (tertiary/aromatic N) is 1. The molecule has 1 unspecified atom stereocenters. The first-order valence-corrected chi connectivity index (χ1v) is 8.20. The maximum absolute atomic E-state index is 3.66. The highest BCUT2D eigenvalue weighted by Gasteiger charge is 2.10. The van der Waals surface area contributed by atoms with E-state index in [1.807, 2.05) is 0 Å². The van der Waals surface area contributed by atoms with Gasteiger partial charge < -0.3 is 9.88 Å². The number of unbranched alkanes of at least 4 members (excludes halogenated alkanes) is 3. The van der Waals surface area contributed by atoms with E-state index in [4.69, 9.17) is 0 Å². The number of aryl methyl sites for hydroxylation is 1. The largest absolute Gasteiger partial charge is 0.354 e. The normalized spacial score (nSPS) is 12.8. The zero-order chi connectivity index (χ0) is 13.9. The minimum Gasteiger partial charge on any atom is -0.354 e. The fourth-order valence-corrected chi connectivity index (χ4v) is 2.52. The molecule has 0 aliphatic carbocycles. The minimum absolute atomic E-state index is 0.543. The van der Waals surface area contributed by atoms with Crippen LogP contribution in [0.3, 0.4) is 0 Å². The maximum atomic E-state index is 3.66. The number of nitrogens with one attached hydrogen (secondary N) is 1. The van der Waals surface area contributed by atoms with Crippen LogP contribution >= 0.6 is 0 Å². The Balaban J connectivity index is 2.44. The summed E-state index contributed by atoms with van der Waals surface area (Å²) in [6, 6.07) is 2.84. The molecule has 0 aliphatic heterocycles. The van der Waals surface area contributed by atoms with Crippen molar-refractivity contribution in [2.45, 2.75) is 78.3 Å². The van der Waals surface area contributed by atoms with Crippen molar-refractivity contribution >= 4 is 0 Å². The van der Waals surface area contributed by atoms with Gasteiger partial charge in [0.2, 0.25) is 0 Å². The lowest BCUT2D eigenvalue weighted by molar-refractivity contribution is 0.492. The number of hydrogen-bond acceptors (Lipinski definition) is 1. The van der Waals surface area contributed by atoms with Gasteiger partial charge in [0.25, 0.3) is 0 Å². The van der Waals surface area contributed by atoms with Gasteiger partial charge in [0.05, 0.1) is 0 Å². The molecule has 0 aliphatic rings. The van der Waals surface area contributed by atoms with Gasteiger partial charge in [-0.3, -0.25) is 0 Å². The van der Waals surface area contributed by atoms with E-state index < -0.39 is 0 Å². The predicted octanol–water partition coefficient (Wildman–Crippen LogP) is 4.91. The minimum atomic E-state index is 0.543. The molecule has 0 aromatic carbocycles. The molecule has 0 spiro atoms. The maximum Gasteiger partial charge on any atom is 0.0335 e. The van der Waals surface area contributed by atoms with Crippen molar-refractivity contribution in [2.24, 2.45) is 0 Å². The topological polar surface area (TPSA) is 17.0 Å². The van der Waals surface area contributed by atoms with Crippen LogP contribution in [0.25, 0.3) is 0 Å². The molecule has 0 amide bonds. The Morgan fingerprint density at radius 3 is 2.58 bits per heavy atom. The lowest BCUT2D eigenvalue weighted by atomic mass is 10.1. The molecule has 2 nitrogen and oxygen atoms in total. The summed E-state index contributed by atoms with van der Waals surface area (Å²) in [6.45, 7) is 9.05. The molecule has 1 atom stereocenters. The monoisotopic (exact) mass is 264 g/mol. The highest BCUT2D eigenvalue weighted by atomic mass is 15.0. The van der Waals surface area contributed by atoms with Gasteiger partial charge in [-0.05, 0) is 37.4 Å². The van der Waals surface area contributed by atoms with E-state index in [9.17, 15) is 0 Å². The van der Waals surface area contributed by atoms with Gasteiger partial charge in [-0.2, -0.15) is 0 Å². The zero-order valence-electron chi connectivity index (χ0n) is 13.1. The molecule has 0 bridgehead atoms. The summed E-state index contributed by atoms with van der Waals surface area (Å²) in [5, 5.41) is 3.66. The van der Waals surface area contributed by atoms with Crippen LogP contribution in [0, 0.1) is 0 Å². The Morgan fingerprint density at radius 2 is 1.89 bits per heavy atom. The van der Waals surface area contributed by atoms with Crippen molar-refractivity contribution in [3.05, 3.63) is 24.0 Å². The summed E-state index contributed by atoms with van der Waals surface area (Å²) in [7, 11) is 0. The zero-order valence-corrected chi connectivity index (χ0v) is 13.1. The van der Waals surface area contributed by atoms with Gasteiger partial charge in [-0.25, -0.2) is 0 Å². The van der Waals surface area contributed by atoms with Crippen LogP contribution < -0.4 is 5.32 Å². The van der Waals surface area contributed by atoms with Crippen LogP contribution in [-0.4, -0.2) is 11.1 Å². The molecule has 0 fully saturated rings. The number of aromatic nitrogens is 1. The lowest BCUT2D eigenvalue weighted by Crippen LogP contribution is -2.21. The third-order valence-electron chi connectivity index (χ3n) is 3.66. The summed E-state index contributed by atoms with van der Waals surface area (Å²) in [5.74, 6) is 0. The molecule has 110 valence electrons. The molecule has 0 radical (unpaired) electrons. The highest BCUT2D eigenvalue weighted by Crippen LogP contribution is 2.19. The lowest BCUT2D eigenvalue weighted by Gasteiger charge is -2.16. The first-order valence-electron chi connectivity index (χ1n) is 8.20. The Kier molecular flexibility index (Phi) is 8.64. The van der Waals surface area contributed by atoms with Crippen molar-refractivity contribution in [1.29, 1.82) is 0 Å². The molecule has 0 saturated heterocycles. The third-order valence-corrected chi connectivity index (χ3v) is 3.66. The van der Waals surface area contributed by atoms with Crippen molar-refractivity contribution in [2.75, 3.05) is 6.54 Å². The molecule has 1 rings (SSSR count). The first-order chi connectivity index (χ1) is 9.31. The second-order valence-corrected chi connectivity index (χ2v) is 5.54. The fraction of sp³-hybridized carbons (Fsp3) is 0.765. The molecular formula is C17H32N2. The van der Waals surface area contributed by atoms with Crippen molar-refractivity contribution in [1.82, 2.24) is 9.88 Å². The van der Waals surface area contributed by atoms with Crippen LogP contribution in [0.1, 0.15) is 77.3 Å². The summed E-state index contributed by atoms with van der Waals surface area (Å²) >= 11 is 0. The quantitative estimate of drug-likeness (QED) is 0.562. The second-order valence-electron chi connectivity index (χ2n) is 5.54. The average Bonchev–Trinajstić information content (AvgIpc) is 2.88. The Morgan fingerprint density at radius 1 is 1.05 bits per heavy atom. The molecule has 1 N–H and O–H groups in total. The van der Waals surface area contributed by atoms with E-state index in [1.54, 1.807) is 0 Å². The van der Waals surface area contributed by atoms with Crippen molar-refractivity contribution < 1.29 is 0 Å². The first kappa shape index (κ1) is 16.3. The predicted molar refractivity (Wildman–Crippen MR) is 84.5 cm³/mol. The third kappa shape index (κ3) is 6.29. The molecule has 1 aromatic heterocycles. The van der Waals surface area contributed by atoms with E-state index in [-0.39, 0.29) is 0 Å². The molecule has 0 saturated carbocycles. The van der Waals surface area contributed by atoms with Crippen LogP contribution in [0.15, 0.2) is 18.5 Å². The molecule has 19 heavy (non-hydrogen) atoms. The van der Waals surface area contributed by atoms with Crippen LogP contribution in [-0.2, 0) is 6.54 Å². The van der Waals surface area contributed by atoms with Crippen molar-refractivity contribution in [3.63, 3.8) is 0 Å². The van der Waals surface area contributed by atoms with Gasteiger partial charge >= 0.3 is 0 Å². The summed E-state index contributed by atoms with van der Waals surface area (Å²) in [4.78, 5) is 0. The van der Waals surface area contributed by atoms with Crippen LogP contribution in [0.4, 0.5) is 0 Å². The second kappa shape index (κ2) is 10.1. The summed E-state index contributed by atoms with van der Waals surface area (Å²) in [6.07, 6.45) is 13.6. The average molecular weight is 264 g/mol. The fourth-order valence-electron chi connectivity index (χ4n) is 2.52. The Hall–Kier alpha value is -0.760. The highest BCUT2D eigenvalue weighted by molar-refractivity contribution is 5.15. The van der Waals surface area contributed by atoms with Gasteiger partial charge in [0.15, 0.2) is 0 Å². The van der Waals surface area contributed by atoms with Gasteiger partial charge in [-0.1, -0.05) is 46.5 Å². The molecule has 2 heteroatoms. The van der Waals surface area contributed by atoms with Gasteiger partial charge in [0.1, 0.15) is 0 Å². The van der Waals surface area contributed by atoms with E-state index in [0.717, 1.165) is 6.54 Å². The summed E-state index contributed by atoms with van der Waals surface area (Å²) in [5.41, 5.74) is 1.46.